The maximum atomic E-state index is 11.6. The molecule has 0 unspecified atom stereocenters. The molecule has 0 aromatic carbocycles. The van der Waals surface area contributed by atoms with Gasteiger partial charge in [0.2, 0.25) is 5.76 Å². The fourth-order valence-electron chi connectivity index (χ4n) is 1.79. The highest BCUT2D eigenvalue weighted by Crippen LogP contribution is 2.21. The molecule has 3 aromatic heterocycles. The van der Waals surface area contributed by atoms with Gasteiger partial charge in [-0.2, -0.15) is 0 Å². The van der Waals surface area contributed by atoms with Crippen LogP contribution in [0.2, 0.25) is 0 Å². The summed E-state index contributed by atoms with van der Waals surface area (Å²) in [5.41, 5.74) is 0.414. The molecule has 122 valence electrons. The summed E-state index contributed by atoms with van der Waals surface area (Å²) in [5, 5.41) is 14.2. The van der Waals surface area contributed by atoms with Gasteiger partial charge in [-0.15, -0.1) is 0 Å². The Morgan fingerprint density at radius 1 is 1.33 bits per heavy atom. The molecule has 9 nitrogen and oxygen atoms in total. The van der Waals surface area contributed by atoms with E-state index in [4.69, 9.17) is 18.1 Å². The Kier molecular flexibility index (Phi) is 4.23. The van der Waals surface area contributed by atoms with Gasteiger partial charge in [0.25, 0.3) is 0 Å². The normalized spacial score (nSPS) is 11.0. The van der Waals surface area contributed by atoms with Gasteiger partial charge in [-0.25, -0.2) is 4.79 Å². The fraction of sp³-hybridized carbons (Fsp3) is 0.0667. The van der Waals surface area contributed by atoms with Crippen molar-refractivity contribution in [3.8, 4) is 11.5 Å². The Morgan fingerprint density at radius 3 is 2.92 bits per heavy atom. The number of hydrogen-bond donors (Lipinski definition) is 0. The maximum absolute atomic E-state index is 11.6. The van der Waals surface area contributed by atoms with E-state index in [0.717, 1.165) is 6.08 Å². The van der Waals surface area contributed by atoms with Crippen LogP contribution in [0.25, 0.3) is 17.6 Å². The third-order valence-electron chi connectivity index (χ3n) is 2.86. The van der Waals surface area contributed by atoms with E-state index in [1.807, 2.05) is 0 Å². The summed E-state index contributed by atoms with van der Waals surface area (Å²) in [7, 11) is 0. The predicted molar refractivity (Wildman–Crippen MR) is 78.4 cm³/mol. The Morgan fingerprint density at radius 2 is 2.21 bits per heavy atom. The van der Waals surface area contributed by atoms with Crippen molar-refractivity contribution >= 4 is 17.9 Å². The van der Waals surface area contributed by atoms with Gasteiger partial charge in [0, 0.05) is 12.1 Å². The molecule has 0 atom stereocenters. The summed E-state index contributed by atoms with van der Waals surface area (Å²) in [6.07, 6.45) is 3.86. The third kappa shape index (κ3) is 3.58. The zero-order valence-corrected chi connectivity index (χ0v) is 12.1. The summed E-state index contributed by atoms with van der Waals surface area (Å²) in [5.74, 6) is 0.0386. The SMILES string of the molecule is O=C(/C=C/c1ccc([N+](=O)[O-])o1)OCc1cc(-c2ccco2)on1. The molecule has 0 bridgehead atoms. The highest BCUT2D eigenvalue weighted by Gasteiger charge is 2.11. The molecule has 0 amide bonds. The lowest BCUT2D eigenvalue weighted by molar-refractivity contribution is -0.402. The minimum atomic E-state index is -0.670. The standard InChI is InChI=1S/C15H10N2O7/c18-15(6-4-11-3-5-14(23-11)17(19)20)22-9-10-8-13(24-16-10)12-2-1-7-21-12/h1-8H,9H2/b6-4+. The van der Waals surface area contributed by atoms with Crippen LogP contribution < -0.4 is 0 Å². The summed E-state index contributed by atoms with van der Waals surface area (Å²) in [6.45, 7) is -0.0916. The highest BCUT2D eigenvalue weighted by molar-refractivity contribution is 5.86. The van der Waals surface area contributed by atoms with Gasteiger partial charge in [-0.1, -0.05) is 5.16 Å². The first-order valence-electron chi connectivity index (χ1n) is 6.70. The van der Waals surface area contributed by atoms with E-state index in [-0.39, 0.29) is 12.4 Å². The van der Waals surface area contributed by atoms with Crippen LogP contribution in [-0.2, 0) is 16.1 Å². The van der Waals surface area contributed by atoms with Crippen molar-refractivity contribution in [1.82, 2.24) is 5.16 Å². The van der Waals surface area contributed by atoms with Crippen LogP contribution in [0, 0.1) is 10.1 Å². The number of nitro groups is 1. The Labute approximate surface area is 134 Å². The van der Waals surface area contributed by atoms with E-state index in [0.29, 0.717) is 17.2 Å². The predicted octanol–water partition coefficient (Wildman–Crippen LogP) is 3.19. The fourth-order valence-corrected chi connectivity index (χ4v) is 1.79. The number of rotatable bonds is 6. The van der Waals surface area contributed by atoms with E-state index < -0.39 is 16.8 Å². The molecule has 0 aliphatic heterocycles. The van der Waals surface area contributed by atoms with Crippen LogP contribution in [0.1, 0.15) is 11.5 Å². The number of ether oxygens (including phenoxy) is 1. The van der Waals surface area contributed by atoms with Gasteiger partial charge in [0.15, 0.2) is 5.76 Å². The average molecular weight is 330 g/mol. The summed E-state index contributed by atoms with van der Waals surface area (Å²) >= 11 is 0. The monoisotopic (exact) mass is 330 g/mol. The zero-order valence-electron chi connectivity index (χ0n) is 12.1. The number of hydrogen-bond acceptors (Lipinski definition) is 8. The number of carbonyl (C=O) groups is 1. The van der Waals surface area contributed by atoms with Gasteiger partial charge >= 0.3 is 11.9 Å². The van der Waals surface area contributed by atoms with Crippen molar-refractivity contribution in [2.24, 2.45) is 0 Å². The molecule has 0 saturated heterocycles. The lowest BCUT2D eigenvalue weighted by Crippen LogP contribution is -2.00. The quantitative estimate of drug-likeness (QED) is 0.292. The first-order valence-corrected chi connectivity index (χ1v) is 6.70. The molecule has 0 spiro atoms. The molecule has 0 fully saturated rings. The van der Waals surface area contributed by atoms with Gasteiger partial charge in [0.1, 0.15) is 23.0 Å². The lowest BCUT2D eigenvalue weighted by atomic mass is 10.3. The van der Waals surface area contributed by atoms with Gasteiger partial charge in [-0.3, -0.25) is 10.1 Å². The second-order valence-corrected chi connectivity index (χ2v) is 4.53. The molecule has 3 heterocycles. The number of aromatic nitrogens is 1. The summed E-state index contributed by atoms with van der Waals surface area (Å²) in [4.78, 5) is 21.4. The van der Waals surface area contributed by atoms with Crippen LogP contribution in [0.15, 0.2) is 56.0 Å². The second-order valence-electron chi connectivity index (χ2n) is 4.53. The Balaban J connectivity index is 1.53. The van der Waals surface area contributed by atoms with Crippen LogP contribution in [0.3, 0.4) is 0 Å². The van der Waals surface area contributed by atoms with Crippen molar-refractivity contribution in [1.29, 1.82) is 0 Å². The zero-order chi connectivity index (χ0) is 16.9. The molecule has 0 aliphatic rings. The second kappa shape index (κ2) is 6.65. The van der Waals surface area contributed by atoms with Crippen molar-refractivity contribution in [3.05, 3.63) is 64.2 Å². The molecule has 0 aliphatic carbocycles. The molecule has 0 radical (unpaired) electrons. The molecule has 24 heavy (non-hydrogen) atoms. The third-order valence-corrected chi connectivity index (χ3v) is 2.86. The molecule has 0 N–H and O–H groups in total. The molecular formula is C15H10N2O7. The van der Waals surface area contributed by atoms with Crippen LogP contribution in [-0.4, -0.2) is 16.0 Å². The number of nitrogens with zero attached hydrogens (tertiary/aromatic N) is 2. The van der Waals surface area contributed by atoms with Gasteiger partial charge in [-0.05, 0) is 24.3 Å². The van der Waals surface area contributed by atoms with Crippen molar-refractivity contribution in [3.63, 3.8) is 0 Å². The van der Waals surface area contributed by atoms with Crippen LogP contribution in [0.5, 0.6) is 0 Å². The lowest BCUT2D eigenvalue weighted by Gasteiger charge is -1.96. The van der Waals surface area contributed by atoms with Crippen LogP contribution in [0.4, 0.5) is 5.88 Å². The van der Waals surface area contributed by atoms with E-state index in [2.05, 4.69) is 5.16 Å². The van der Waals surface area contributed by atoms with Crippen molar-refractivity contribution in [2.45, 2.75) is 6.61 Å². The first kappa shape index (κ1) is 15.3. The largest absolute Gasteiger partial charge is 0.461 e. The van der Waals surface area contributed by atoms with Crippen molar-refractivity contribution in [2.75, 3.05) is 0 Å². The first-order chi connectivity index (χ1) is 11.6. The highest BCUT2D eigenvalue weighted by atomic mass is 16.6. The van der Waals surface area contributed by atoms with Gasteiger partial charge < -0.3 is 18.1 Å². The summed E-state index contributed by atoms with van der Waals surface area (Å²) in [6, 6.07) is 7.57. The smallest absolute Gasteiger partial charge is 0.433 e. The number of carbonyl (C=O) groups excluding carboxylic acids is 1. The van der Waals surface area contributed by atoms with E-state index in [1.165, 1.54) is 24.5 Å². The van der Waals surface area contributed by atoms with E-state index >= 15 is 0 Å². The molecule has 3 rings (SSSR count). The number of furan rings is 2. The minimum absolute atomic E-state index is 0.0916. The molecule has 9 heteroatoms. The molecule has 3 aromatic rings. The molecular weight excluding hydrogens is 320 g/mol. The maximum Gasteiger partial charge on any atom is 0.433 e. The molecule has 0 saturated carbocycles. The average Bonchev–Trinajstić information content (AvgIpc) is 3.31. The Bertz CT molecular complexity index is 873. The van der Waals surface area contributed by atoms with E-state index in [9.17, 15) is 14.9 Å². The minimum Gasteiger partial charge on any atom is -0.461 e. The topological polar surface area (TPSA) is 122 Å². The summed E-state index contributed by atoms with van der Waals surface area (Å²) < 4.78 is 20.1. The van der Waals surface area contributed by atoms with Gasteiger partial charge in [0.05, 0.1) is 12.3 Å². The van der Waals surface area contributed by atoms with E-state index in [1.54, 1.807) is 18.2 Å². The number of esters is 1. The Hall–Kier alpha value is -3.62. The van der Waals surface area contributed by atoms with Crippen molar-refractivity contribution < 1.29 is 27.8 Å². The van der Waals surface area contributed by atoms with Crippen LogP contribution >= 0.6 is 0 Å².